The van der Waals surface area contributed by atoms with Crippen LogP contribution in [0.5, 0.6) is 0 Å². The Balaban J connectivity index is 1.44. The normalized spacial score (nSPS) is 20.0. The minimum Gasteiger partial charge on any atom is -0.354 e. The Labute approximate surface area is 189 Å². The van der Waals surface area contributed by atoms with E-state index in [1.165, 1.54) is 17.7 Å². The van der Waals surface area contributed by atoms with Gasteiger partial charge >= 0.3 is 0 Å². The molecule has 1 aliphatic rings. The molecule has 1 aliphatic heterocycles. The minimum absolute atomic E-state index is 0.247. The third-order valence-corrected chi connectivity index (χ3v) is 6.79. The second-order valence-electron chi connectivity index (χ2n) is 7.39. The summed E-state index contributed by atoms with van der Waals surface area (Å²) in [7, 11) is 0. The van der Waals surface area contributed by atoms with Gasteiger partial charge in [-0.3, -0.25) is 0 Å². The van der Waals surface area contributed by atoms with Crippen LogP contribution >= 0.6 is 23.4 Å². The van der Waals surface area contributed by atoms with E-state index in [1.807, 2.05) is 47.1 Å². The van der Waals surface area contributed by atoms with Gasteiger partial charge in [0.15, 0.2) is 5.16 Å². The van der Waals surface area contributed by atoms with Gasteiger partial charge in [-0.15, -0.1) is 0 Å². The number of thioether (sulfide) groups is 1. The van der Waals surface area contributed by atoms with Crippen molar-refractivity contribution in [2.75, 3.05) is 0 Å². The molecule has 31 heavy (non-hydrogen) atoms. The molecule has 4 aromatic rings. The van der Waals surface area contributed by atoms with Crippen LogP contribution in [0.2, 0.25) is 5.02 Å². The van der Waals surface area contributed by atoms with Crippen molar-refractivity contribution in [1.82, 2.24) is 14.8 Å². The largest absolute Gasteiger partial charge is 0.354 e. The summed E-state index contributed by atoms with van der Waals surface area (Å²) in [5, 5.41) is 5.90. The number of ether oxygens (including phenoxy) is 1. The van der Waals surface area contributed by atoms with Gasteiger partial charge in [-0.1, -0.05) is 84.0 Å². The second-order valence-corrected chi connectivity index (χ2v) is 8.74. The van der Waals surface area contributed by atoms with Gasteiger partial charge < -0.3 is 4.74 Å². The van der Waals surface area contributed by atoms with Crippen molar-refractivity contribution in [2.24, 2.45) is 0 Å². The molecule has 156 valence electrons. The number of rotatable bonds is 7. The number of hydrogen-bond donors (Lipinski definition) is 0. The Hall–Kier alpha value is -2.67. The number of epoxide rings is 1. The van der Waals surface area contributed by atoms with Crippen molar-refractivity contribution >= 4 is 23.4 Å². The van der Waals surface area contributed by atoms with Crippen LogP contribution in [0.15, 0.2) is 90.3 Å². The van der Waals surface area contributed by atoms with Crippen LogP contribution in [0.25, 0.3) is 0 Å². The molecule has 0 bridgehead atoms. The maximum atomic E-state index is 13.6. The van der Waals surface area contributed by atoms with Gasteiger partial charge in [0.25, 0.3) is 0 Å². The standard InChI is InChI=1S/C24H19ClFN3OS/c25-21-9-5-4-8-20(21)22-24(30-22,18-10-12-19(26)13-11-18)15-29-23(27-16-28-29)31-14-17-6-2-1-3-7-17/h1-13,16,22H,14-15H2/t22-,24-/m0/s1. The van der Waals surface area contributed by atoms with Gasteiger partial charge in [-0.2, -0.15) is 5.10 Å². The zero-order valence-corrected chi connectivity index (χ0v) is 18.1. The topological polar surface area (TPSA) is 43.2 Å². The molecule has 0 radical (unpaired) electrons. The predicted octanol–water partition coefficient (Wildman–Crippen LogP) is 6.03. The molecule has 0 spiro atoms. The molecule has 0 amide bonds. The molecule has 1 saturated heterocycles. The molecule has 1 aromatic heterocycles. The lowest BCUT2D eigenvalue weighted by Crippen LogP contribution is -2.20. The molecule has 1 fully saturated rings. The molecular formula is C24H19ClFN3OS. The van der Waals surface area contributed by atoms with E-state index < -0.39 is 5.60 Å². The van der Waals surface area contributed by atoms with E-state index >= 15 is 0 Å². The van der Waals surface area contributed by atoms with Crippen molar-refractivity contribution in [3.8, 4) is 0 Å². The highest BCUT2D eigenvalue weighted by Crippen LogP contribution is 2.59. The second kappa shape index (κ2) is 8.46. The highest BCUT2D eigenvalue weighted by molar-refractivity contribution is 7.98. The molecule has 2 atom stereocenters. The van der Waals surface area contributed by atoms with Crippen molar-refractivity contribution in [1.29, 1.82) is 0 Å². The summed E-state index contributed by atoms with van der Waals surface area (Å²) in [6.07, 6.45) is 1.31. The summed E-state index contributed by atoms with van der Waals surface area (Å²) in [5.74, 6) is 0.506. The van der Waals surface area contributed by atoms with Crippen LogP contribution in [-0.2, 0) is 22.6 Å². The fraction of sp³-hybridized carbons (Fsp3) is 0.167. The van der Waals surface area contributed by atoms with Crippen LogP contribution in [0.1, 0.15) is 22.8 Å². The third-order valence-electron chi connectivity index (χ3n) is 5.39. The molecule has 3 aromatic carbocycles. The van der Waals surface area contributed by atoms with Crippen molar-refractivity contribution in [2.45, 2.75) is 29.2 Å². The Kier molecular flexibility index (Phi) is 5.52. The molecule has 2 heterocycles. The van der Waals surface area contributed by atoms with Crippen LogP contribution in [0, 0.1) is 5.82 Å². The first-order valence-electron chi connectivity index (χ1n) is 9.88. The fourth-order valence-electron chi connectivity index (χ4n) is 3.76. The number of nitrogens with zero attached hydrogens (tertiary/aromatic N) is 3. The van der Waals surface area contributed by atoms with Crippen molar-refractivity contribution in [3.05, 3.63) is 113 Å². The van der Waals surface area contributed by atoms with Crippen LogP contribution in [0.3, 0.4) is 0 Å². The molecule has 5 rings (SSSR count). The van der Waals surface area contributed by atoms with E-state index in [0.717, 1.165) is 22.0 Å². The number of aromatic nitrogens is 3. The predicted molar refractivity (Wildman–Crippen MR) is 119 cm³/mol. The molecule has 0 N–H and O–H groups in total. The lowest BCUT2D eigenvalue weighted by atomic mass is 9.91. The Morgan fingerprint density at radius 3 is 2.52 bits per heavy atom. The summed E-state index contributed by atoms with van der Waals surface area (Å²) in [4.78, 5) is 4.44. The zero-order valence-electron chi connectivity index (χ0n) is 16.5. The molecule has 0 saturated carbocycles. The van der Waals surface area contributed by atoms with Crippen LogP contribution in [0.4, 0.5) is 4.39 Å². The Morgan fingerprint density at radius 1 is 1.00 bits per heavy atom. The first-order valence-corrected chi connectivity index (χ1v) is 11.2. The highest BCUT2D eigenvalue weighted by Gasteiger charge is 2.59. The molecule has 4 nitrogen and oxygen atoms in total. The fourth-order valence-corrected chi connectivity index (χ4v) is 4.87. The third kappa shape index (κ3) is 4.11. The number of hydrogen-bond acceptors (Lipinski definition) is 4. The van der Waals surface area contributed by atoms with E-state index in [9.17, 15) is 4.39 Å². The van der Waals surface area contributed by atoms with Gasteiger partial charge in [-0.05, 0) is 29.3 Å². The molecular weight excluding hydrogens is 433 g/mol. The first-order chi connectivity index (χ1) is 15.2. The van der Waals surface area contributed by atoms with E-state index in [2.05, 4.69) is 22.2 Å². The van der Waals surface area contributed by atoms with Gasteiger partial charge in [0, 0.05) is 16.3 Å². The average molecular weight is 452 g/mol. The van der Waals surface area contributed by atoms with Crippen molar-refractivity contribution < 1.29 is 9.13 Å². The van der Waals surface area contributed by atoms with Crippen LogP contribution < -0.4 is 0 Å². The first kappa shape index (κ1) is 20.2. The summed E-state index contributed by atoms with van der Waals surface area (Å²) in [5.41, 5.74) is 2.32. The highest BCUT2D eigenvalue weighted by atomic mass is 35.5. The van der Waals surface area contributed by atoms with Crippen LogP contribution in [-0.4, -0.2) is 14.8 Å². The van der Waals surface area contributed by atoms with E-state index in [0.29, 0.717) is 11.6 Å². The lowest BCUT2D eigenvalue weighted by molar-refractivity contribution is 0.256. The van der Waals surface area contributed by atoms with Gasteiger partial charge in [0.05, 0.1) is 6.54 Å². The van der Waals surface area contributed by atoms with Gasteiger partial charge in [0.2, 0.25) is 0 Å². The quantitative estimate of drug-likeness (QED) is 0.254. The lowest BCUT2D eigenvalue weighted by Gasteiger charge is -2.16. The smallest absolute Gasteiger partial charge is 0.186 e. The van der Waals surface area contributed by atoms with Gasteiger partial charge in [-0.25, -0.2) is 14.1 Å². The maximum absolute atomic E-state index is 13.6. The van der Waals surface area contributed by atoms with Crippen molar-refractivity contribution in [3.63, 3.8) is 0 Å². The van der Waals surface area contributed by atoms with Gasteiger partial charge in [0.1, 0.15) is 23.8 Å². The Morgan fingerprint density at radius 2 is 1.74 bits per heavy atom. The number of benzene rings is 3. The summed E-state index contributed by atoms with van der Waals surface area (Å²) >= 11 is 8.07. The Bertz CT molecular complexity index is 1180. The monoisotopic (exact) mass is 451 g/mol. The average Bonchev–Trinajstić information content (AvgIpc) is 3.34. The van der Waals surface area contributed by atoms with E-state index in [-0.39, 0.29) is 11.9 Å². The summed E-state index contributed by atoms with van der Waals surface area (Å²) in [6, 6.07) is 24.3. The summed E-state index contributed by atoms with van der Waals surface area (Å²) < 4.78 is 21.7. The molecule has 0 unspecified atom stereocenters. The SMILES string of the molecule is Fc1ccc([C@]2(Cn3ncnc3SCc3ccccc3)O[C@H]2c2ccccc2Cl)cc1. The zero-order chi connectivity index (χ0) is 21.3. The minimum atomic E-state index is -0.686. The molecule has 0 aliphatic carbocycles. The van der Waals surface area contributed by atoms with E-state index in [4.69, 9.17) is 16.3 Å². The maximum Gasteiger partial charge on any atom is 0.186 e. The molecule has 7 heteroatoms. The summed E-state index contributed by atoms with van der Waals surface area (Å²) in [6.45, 7) is 0.450. The number of halogens is 2. The van der Waals surface area contributed by atoms with E-state index in [1.54, 1.807) is 30.2 Å².